The van der Waals surface area contributed by atoms with E-state index in [2.05, 4.69) is 25.7 Å². The predicted octanol–water partition coefficient (Wildman–Crippen LogP) is 2.96. The standard InChI is InChI=1S/C19H18N6O/c26-12-11-20-19-23-17(22-14-7-3-1-4-8-14)16-13-21-25(18(16)24-19)15-9-5-2-6-10-15/h1-10,13,26H,11-12H2,(H2,20,22,23,24). The van der Waals surface area contributed by atoms with E-state index >= 15 is 0 Å². The molecule has 26 heavy (non-hydrogen) atoms. The van der Waals surface area contributed by atoms with Crippen LogP contribution < -0.4 is 10.6 Å². The maximum Gasteiger partial charge on any atom is 0.226 e. The molecule has 7 heteroatoms. The molecule has 0 unspecified atom stereocenters. The van der Waals surface area contributed by atoms with Gasteiger partial charge in [-0.3, -0.25) is 0 Å². The molecule has 4 rings (SSSR count). The van der Waals surface area contributed by atoms with Crippen molar-refractivity contribution in [1.82, 2.24) is 19.7 Å². The Morgan fingerprint density at radius 3 is 2.38 bits per heavy atom. The molecule has 3 N–H and O–H groups in total. The van der Waals surface area contributed by atoms with Crippen molar-refractivity contribution < 1.29 is 5.11 Å². The zero-order valence-electron chi connectivity index (χ0n) is 14.0. The summed E-state index contributed by atoms with van der Waals surface area (Å²) in [4.78, 5) is 9.12. The first-order valence-electron chi connectivity index (χ1n) is 8.33. The highest BCUT2D eigenvalue weighted by atomic mass is 16.3. The van der Waals surface area contributed by atoms with Gasteiger partial charge in [-0.05, 0) is 24.3 Å². The van der Waals surface area contributed by atoms with Crippen LogP contribution in [0.5, 0.6) is 0 Å². The van der Waals surface area contributed by atoms with E-state index in [1.54, 1.807) is 10.9 Å². The second-order valence-corrected chi connectivity index (χ2v) is 5.67. The van der Waals surface area contributed by atoms with Crippen molar-refractivity contribution in [2.24, 2.45) is 0 Å². The number of aliphatic hydroxyl groups is 1. The number of aromatic nitrogens is 4. The maximum atomic E-state index is 9.09. The third kappa shape index (κ3) is 3.20. The molecule has 0 radical (unpaired) electrons. The summed E-state index contributed by atoms with van der Waals surface area (Å²) in [5.74, 6) is 1.09. The molecule has 0 spiro atoms. The van der Waals surface area contributed by atoms with Gasteiger partial charge in [-0.25, -0.2) is 4.68 Å². The zero-order chi connectivity index (χ0) is 17.8. The number of nitrogens with one attached hydrogen (secondary N) is 2. The minimum absolute atomic E-state index is 0.000785. The normalized spacial score (nSPS) is 10.8. The molecule has 4 aromatic rings. The smallest absolute Gasteiger partial charge is 0.226 e. The van der Waals surface area contributed by atoms with E-state index in [1.165, 1.54) is 0 Å². The van der Waals surface area contributed by atoms with E-state index in [-0.39, 0.29) is 6.61 Å². The molecule has 2 aromatic carbocycles. The van der Waals surface area contributed by atoms with E-state index < -0.39 is 0 Å². The van der Waals surface area contributed by atoms with Crippen LogP contribution in [-0.2, 0) is 0 Å². The molecule has 0 amide bonds. The summed E-state index contributed by atoms with van der Waals surface area (Å²) in [5.41, 5.74) is 2.53. The van der Waals surface area contributed by atoms with Crippen LogP contribution in [0.2, 0.25) is 0 Å². The lowest BCUT2D eigenvalue weighted by Gasteiger charge is -2.10. The molecular formula is C19H18N6O. The zero-order valence-corrected chi connectivity index (χ0v) is 14.0. The fourth-order valence-electron chi connectivity index (χ4n) is 2.67. The maximum absolute atomic E-state index is 9.09. The first-order valence-corrected chi connectivity index (χ1v) is 8.33. The number of para-hydroxylation sites is 2. The molecule has 0 saturated carbocycles. The predicted molar refractivity (Wildman–Crippen MR) is 102 cm³/mol. The molecule has 0 aliphatic carbocycles. The lowest BCUT2D eigenvalue weighted by Crippen LogP contribution is -2.10. The number of hydrogen-bond donors (Lipinski definition) is 3. The van der Waals surface area contributed by atoms with Gasteiger partial charge in [0.15, 0.2) is 5.65 Å². The molecular weight excluding hydrogens is 328 g/mol. The molecule has 0 fully saturated rings. The summed E-state index contributed by atoms with van der Waals surface area (Å²) in [6, 6.07) is 19.6. The molecule has 0 bridgehead atoms. The van der Waals surface area contributed by atoms with Gasteiger partial charge in [0.1, 0.15) is 5.82 Å². The van der Waals surface area contributed by atoms with Gasteiger partial charge in [0.05, 0.1) is 23.9 Å². The fourth-order valence-corrected chi connectivity index (χ4v) is 2.67. The topological polar surface area (TPSA) is 87.9 Å². The minimum atomic E-state index is 0.000785. The molecule has 0 atom stereocenters. The molecule has 130 valence electrons. The second kappa shape index (κ2) is 7.20. The summed E-state index contributed by atoms with van der Waals surface area (Å²) in [7, 11) is 0. The largest absolute Gasteiger partial charge is 0.395 e. The number of anilines is 3. The molecule has 2 aromatic heterocycles. The van der Waals surface area contributed by atoms with E-state index in [9.17, 15) is 0 Å². The summed E-state index contributed by atoms with van der Waals surface area (Å²) in [6.45, 7) is 0.372. The quantitative estimate of drug-likeness (QED) is 0.497. The molecule has 0 aliphatic heterocycles. The highest BCUT2D eigenvalue weighted by Crippen LogP contribution is 2.26. The minimum Gasteiger partial charge on any atom is -0.395 e. The number of aliphatic hydroxyl groups excluding tert-OH is 1. The van der Waals surface area contributed by atoms with Gasteiger partial charge in [0.2, 0.25) is 5.95 Å². The third-order valence-corrected chi connectivity index (χ3v) is 3.86. The Labute approximate surface area is 150 Å². The Morgan fingerprint density at radius 1 is 0.923 bits per heavy atom. The summed E-state index contributed by atoms with van der Waals surface area (Å²) in [5, 5.41) is 20.7. The molecule has 0 aliphatic rings. The molecule has 7 nitrogen and oxygen atoms in total. The van der Waals surface area contributed by atoms with Crippen molar-refractivity contribution in [2.75, 3.05) is 23.8 Å². The van der Waals surface area contributed by atoms with E-state index in [4.69, 9.17) is 5.11 Å². The Hall–Kier alpha value is -3.45. The van der Waals surface area contributed by atoms with Crippen LogP contribution in [-0.4, -0.2) is 38.0 Å². The van der Waals surface area contributed by atoms with Gasteiger partial charge in [-0.15, -0.1) is 0 Å². The van der Waals surface area contributed by atoms with Crippen LogP contribution in [0.15, 0.2) is 66.9 Å². The SMILES string of the molecule is OCCNc1nc(Nc2ccccc2)c2cnn(-c3ccccc3)c2n1. The van der Waals surface area contributed by atoms with Crippen LogP contribution in [0.4, 0.5) is 17.5 Å². The van der Waals surface area contributed by atoms with Crippen molar-refractivity contribution in [2.45, 2.75) is 0 Å². The lowest BCUT2D eigenvalue weighted by molar-refractivity contribution is 0.311. The van der Waals surface area contributed by atoms with Crippen LogP contribution in [0.3, 0.4) is 0 Å². The Kier molecular flexibility index (Phi) is 4.44. The lowest BCUT2D eigenvalue weighted by atomic mass is 10.3. The monoisotopic (exact) mass is 346 g/mol. The summed E-state index contributed by atoms with van der Waals surface area (Å²) >= 11 is 0. The van der Waals surface area contributed by atoms with Crippen LogP contribution >= 0.6 is 0 Å². The number of nitrogens with zero attached hydrogens (tertiary/aromatic N) is 4. The molecule has 0 saturated heterocycles. The number of benzene rings is 2. The van der Waals surface area contributed by atoms with Crippen molar-refractivity contribution >= 4 is 28.5 Å². The number of rotatable bonds is 6. The fraction of sp³-hybridized carbons (Fsp3) is 0.105. The van der Waals surface area contributed by atoms with Gasteiger partial charge >= 0.3 is 0 Å². The van der Waals surface area contributed by atoms with Gasteiger partial charge in [-0.2, -0.15) is 15.1 Å². The van der Waals surface area contributed by atoms with Gasteiger partial charge in [0.25, 0.3) is 0 Å². The number of fused-ring (bicyclic) bond motifs is 1. The highest BCUT2D eigenvalue weighted by molar-refractivity contribution is 5.90. The van der Waals surface area contributed by atoms with Crippen LogP contribution in [0, 0.1) is 0 Å². The van der Waals surface area contributed by atoms with Gasteiger partial charge in [-0.1, -0.05) is 36.4 Å². The van der Waals surface area contributed by atoms with E-state index in [0.717, 1.165) is 16.8 Å². The van der Waals surface area contributed by atoms with Gasteiger partial charge < -0.3 is 15.7 Å². The van der Waals surface area contributed by atoms with E-state index in [1.807, 2.05) is 60.7 Å². The third-order valence-electron chi connectivity index (χ3n) is 3.86. The van der Waals surface area contributed by atoms with Crippen molar-refractivity contribution in [3.8, 4) is 5.69 Å². The Balaban J connectivity index is 1.83. The first kappa shape index (κ1) is 16.0. The van der Waals surface area contributed by atoms with Crippen molar-refractivity contribution in [3.05, 3.63) is 66.9 Å². The molecule has 2 heterocycles. The summed E-state index contributed by atoms with van der Waals surface area (Å²) in [6.07, 6.45) is 1.75. The first-order chi connectivity index (χ1) is 12.8. The van der Waals surface area contributed by atoms with Crippen molar-refractivity contribution in [3.63, 3.8) is 0 Å². The Morgan fingerprint density at radius 2 is 1.65 bits per heavy atom. The Bertz CT molecular complexity index is 1000. The summed E-state index contributed by atoms with van der Waals surface area (Å²) < 4.78 is 1.78. The van der Waals surface area contributed by atoms with Crippen LogP contribution in [0.1, 0.15) is 0 Å². The van der Waals surface area contributed by atoms with E-state index in [0.29, 0.717) is 24.0 Å². The van der Waals surface area contributed by atoms with Crippen LogP contribution in [0.25, 0.3) is 16.7 Å². The van der Waals surface area contributed by atoms with Crippen molar-refractivity contribution in [1.29, 1.82) is 0 Å². The number of hydrogen-bond acceptors (Lipinski definition) is 6. The average molecular weight is 346 g/mol. The van der Waals surface area contributed by atoms with Gasteiger partial charge in [0, 0.05) is 12.2 Å². The second-order valence-electron chi connectivity index (χ2n) is 5.67. The highest BCUT2D eigenvalue weighted by Gasteiger charge is 2.14. The average Bonchev–Trinajstić information content (AvgIpc) is 3.12.